The van der Waals surface area contributed by atoms with Gasteiger partial charge in [0.25, 0.3) is 5.91 Å². The lowest BCUT2D eigenvalue weighted by atomic mass is 10.2. The molecule has 2 aromatic rings. The fourth-order valence-corrected chi connectivity index (χ4v) is 2.84. The maximum absolute atomic E-state index is 13.8. The van der Waals surface area contributed by atoms with Crippen molar-refractivity contribution in [1.29, 1.82) is 0 Å². The van der Waals surface area contributed by atoms with Crippen LogP contribution in [0.2, 0.25) is 5.02 Å². The van der Waals surface area contributed by atoms with Crippen LogP contribution in [-0.4, -0.2) is 17.9 Å². The number of carbonyl (C=O) groups excluding carboxylic acids is 2. The average Bonchev–Trinajstić information content (AvgIpc) is 3.33. The molecule has 0 unspecified atom stereocenters. The van der Waals surface area contributed by atoms with E-state index in [1.54, 1.807) is 29.2 Å². The average molecular weight is 347 g/mol. The monoisotopic (exact) mass is 346 g/mol. The summed E-state index contributed by atoms with van der Waals surface area (Å²) in [6, 6.07) is 11.2. The van der Waals surface area contributed by atoms with Gasteiger partial charge in [-0.3, -0.25) is 9.59 Å². The molecule has 1 saturated carbocycles. The summed E-state index contributed by atoms with van der Waals surface area (Å²) in [6.07, 6.45) is 2.01. The number of carbonyl (C=O) groups is 2. The lowest BCUT2D eigenvalue weighted by molar-refractivity contribution is -0.116. The van der Waals surface area contributed by atoms with Gasteiger partial charge >= 0.3 is 0 Å². The Kier molecular flexibility index (Phi) is 4.53. The maximum Gasteiger partial charge on any atom is 0.260 e. The van der Waals surface area contributed by atoms with E-state index >= 15 is 0 Å². The second-order valence-corrected chi connectivity index (χ2v) is 6.13. The molecule has 0 atom stereocenters. The predicted octanol–water partition coefficient (Wildman–Crippen LogP) is 4.25. The first-order chi connectivity index (χ1) is 11.5. The Morgan fingerprint density at radius 2 is 1.83 bits per heavy atom. The van der Waals surface area contributed by atoms with Crippen molar-refractivity contribution < 1.29 is 14.0 Å². The first-order valence-electron chi connectivity index (χ1n) is 7.62. The lowest BCUT2D eigenvalue weighted by Crippen LogP contribution is -2.30. The summed E-state index contributed by atoms with van der Waals surface area (Å²) >= 11 is 5.89. The fourth-order valence-electron chi connectivity index (χ4n) is 2.60. The molecule has 24 heavy (non-hydrogen) atoms. The largest absolute Gasteiger partial charge is 0.322 e. The minimum absolute atomic E-state index is 0.00701. The summed E-state index contributed by atoms with van der Waals surface area (Å²) in [5, 5.41) is 2.67. The fraction of sp³-hybridized carbons (Fsp3) is 0.222. The summed E-state index contributed by atoms with van der Waals surface area (Å²) in [6.45, 7) is 1.54. The Bertz CT molecular complexity index is 768. The predicted molar refractivity (Wildman–Crippen MR) is 92.0 cm³/mol. The number of hydrogen-bond donors (Lipinski definition) is 1. The van der Waals surface area contributed by atoms with Crippen molar-refractivity contribution in [3.63, 3.8) is 0 Å². The zero-order valence-electron chi connectivity index (χ0n) is 13.1. The van der Waals surface area contributed by atoms with Crippen LogP contribution in [0.5, 0.6) is 0 Å². The van der Waals surface area contributed by atoms with Gasteiger partial charge < -0.3 is 10.2 Å². The maximum atomic E-state index is 13.8. The third-order valence-electron chi connectivity index (χ3n) is 3.84. The number of nitrogens with one attached hydrogen (secondary N) is 1. The first-order valence-corrected chi connectivity index (χ1v) is 8.00. The van der Waals surface area contributed by atoms with Crippen molar-refractivity contribution in [3.05, 3.63) is 58.9 Å². The van der Waals surface area contributed by atoms with E-state index in [4.69, 9.17) is 11.6 Å². The van der Waals surface area contributed by atoms with Gasteiger partial charge in [-0.15, -0.1) is 0 Å². The standard InChI is InChI=1S/C18H16ClFN2O2/c1-11(23)22(14-9-10-14)13-7-5-12(6-8-13)21-18(24)17-15(19)3-2-4-16(17)20/h2-8,14H,9-10H2,1H3,(H,21,24). The summed E-state index contributed by atoms with van der Waals surface area (Å²) in [7, 11) is 0. The third-order valence-corrected chi connectivity index (χ3v) is 4.16. The lowest BCUT2D eigenvalue weighted by Gasteiger charge is -2.21. The highest BCUT2D eigenvalue weighted by molar-refractivity contribution is 6.34. The molecule has 0 aromatic heterocycles. The summed E-state index contributed by atoms with van der Waals surface area (Å²) in [5.74, 6) is -1.29. The Hall–Kier alpha value is -2.40. The van der Waals surface area contributed by atoms with Crippen molar-refractivity contribution in [2.45, 2.75) is 25.8 Å². The normalized spacial score (nSPS) is 13.5. The minimum atomic E-state index is -0.673. The number of benzene rings is 2. The molecular weight excluding hydrogens is 331 g/mol. The van der Waals surface area contributed by atoms with Gasteiger partial charge in [0.1, 0.15) is 5.82 Å². The van der Waals surface area contributed by atoms with Crippen LogP contribution < -0.4 is 10.2 Å². The van der Waals surface area contributed by atoms with Crippen molar-refractivity contribution >= 4 is 34.8 Å². The van der Waals surface area contributed by atoms with E-state index in [0.29, 0.717) is 5.69 Å². The first kappa shape index (κ1) is 16.5. The number of nitrogens with zero attached hydrogens (tertiary/aromatic N) is 1. The Morgan fingerprint density at radius 3 is 2.38 bits per heavy atom. The van der Waals surface area contributed by atoms with Crippen molar-refractivity contribution in [1.82, 2.24) is 0 Å². The highest BCUT2D eigenvalue weighted by Crippen LogP contribution is 2.32. The summed E-state index contributed by atoms with van der Waals surface area (Å²) in [4.78, 5) is 25.7. The van der Waals surface area contributed by atoms with Crippen LogP contribution in [0.15, 0.2) is 42.5 Å². The van der Waals surface area contributed by atoms with Gasteiger partial charge in [0.05, 0.1) is 10.6 Å². The van der Waals surface area contributed by atoms with Crippen LogP contribution in [0.3, 0.4) is 0 Å². The molecule has 0 radical (unpaired) electrons. The zero-order valence-corrected chi connectivity index (χ0v) is 13.8. The second-order valence-electron chi connectivity index (χ2n) is 5.72. The van der Waals surface area contributed by atoms with Crippen LogP contribution in [0, 0.1) is 5.82 Å². The zero-order chi connectivity index (χ0) is 17.3. The van der Waals surface area contributed by atoms with E-state index < -0.39 is 11.7 Å². The van der Waals surface area contributed by atoms with Crippen molar-refractivity contribution in [2.75, 3.05) is 10.2 Å². The van der Waals surface area contributed by atoms with Crippen LogP contribution in [0.25, 0.3) is 0 Å². The molecule has 1 fully saturated rings. The van der Waals surface area contributed by atoms with Gasteiger partial charge in [0, 0.05) is 24.3 Å². The van der Waals surface area contributed by atoms with Crippen molar-refractivity contribution in [2.24, 2.45) is 0 Å². The minimum Gasteiger partial charge on any atom is -0.322 e. The van der Waals surface area contributed by atoms with E-state index in [1.807, 2.05) is 0 Å². The van der Waals surface area contributed by atoms with Gasteiger partial charge in [-0.05, 0) is 49.2 Å². The Labute approximate surface area is 144 Å². The number of rotatable bonds is 4. The van der Waals surface area contributed by atoms with Crippen LogP contribution in [0.4, 0.5) is 15.8 Å². The molecule has 0 spiro atoms. The van der Waals surface area contributed by atoms with Crippen molar-refractivity contribution in [3.8, 4) is 0 Å². The van der Waals surface area contributed by atoms with Crippen LogP contribution in [-0.2, 0) is 4.79 Å². The highest BCUT2D eigenvalue weighted by Gasteiger charge is 2.31. The van der Waals surface area contributed by atoms with E-state index in [0.717, 1.165) is 18.5 Å². The van der Waals surface area contributed by atoms with Crippen LogP contribution >= 0.6 is 11.6 Å². The molecule has 4 nitrogen and oxygen atoms in total. The van der Waals surface area contributed by atoms with E-state index in [1.165, 1.54) is 25.1 Å². The third kappa shape index (κ3) is 3.41. The Morgan fingerprint density at radius 1 is 1.17 bits per heavy atom. The molecule has 0 saturated heterocycles. The summed E-state index contributed by atoms with van der Waals surface area (Å²) < 4.78 is 13.8. The molecule has 1 aliphatic rings. The number of anilines is 2. The highest BCUT2D eigenvalue weighted by atomic mass is 35.5. The quantitative estimate of drug-likeness (QED) is 0.899. The van der Waals surface area contributed by atoms with E-state index in [2.05, 4.69) is 5.32 Å². The molecule has 0 bridgehead atoms. The van der Waals surface area contributed by atoms with Crippen LogP contribution in [0.1, 0.15) is 30.1 Å². The molecule has 2 amide bonds. The van der Waals surface area contributed by atoms with Gasteiger partial charge in [-0.1, -0.05) is 17.7 Å². The molecule has 1 aliphatic carbocycles. The molecule has 124 valence electrons. The molecule has 0 aliphatic heterocycles. The summed E-state index contributed by atoms with van der Waals surface area (Å²) in [5.41, 5.74) is 1.10. The van der Waals surface area contributed by atoms with Gasteiger partial charge in [0.15, 0.2) is 0 Å². The van der Waals surface area contributed by atoms with E-state index in [-0.39, 0.29) is 22.5 Å². The van der Waals surface area contributed by atoms with Gasteiger partial charge in [-0.2, -0.15) is 0 Å². The number of halogens is 2. The number of amides is 2. The molecular formula is C18H16ClFN2O2. The van der Waals surface area contributed by atoms with E-state index in [9.17, 15) is 14.0 Å². The smallest absolute Gasteiger partial charge is 0.260 e. The molecule has 3 rings (SSSR count). The SMILES string of the molecule is CC(=O)N(c1ccc(NC(=O)c2c(F)cccc2Cl)cc1)C1CC1. The molecule has 2 aromatic carbocycles. The molecule has 0 heterocycles. The second kappa shape index (κ2) is 6.61. The molecule has 1 N–H and O–H groups in total. The molecule has 6 heteroatoms. The number of hydrogen-bond acceptors (Lipinski definition) is 2. The van der Waals surface area contributed by atoms with Gasteiger partial charge in [0.2, 0.25) is 5.91 Å². The Balaban J connectivity index is 1.77. The van der Waals surface area contributed by atoms with Gasteiger partial charge in [-0.25, -0.2) is 4.39 Å². The topological polar surface area (TPSA) is 49.4 Å².